The van der Waals surface area contributed by atoms with Crippen molar-refractivity contribution in [3.05, 3.63) is 23.8 Å². The van der Waals surface area contributed by atoms with Gasteiger partial charge in [0, 0.05) is 5.92 Å². The minimum atomic E-state index is 0.00344. The molecule has 0 aromatic rings. The maximum absolute atomic E-state index is 12.3. The van der Waals surface area contributed by atoms with Gasteiger partial charge < -0.3 is 9.47 Å². The van der Waals surface area contributed by atoms with E-state index in [-0.39, 0.29) is 11.9 Å². The molecule has 3 heteroatoms. The van der Waals surface area contributed by atoms with Crippen LogP contribution in [-0.2, 0) is 14.3 Å². The van der Waals surface area contributed by atoms with Gasteiger partial charge in [0.2, 0.25) is 0 Å². The van der Waals surface area contributed by atoms with Gasteiger partial charge in [-0.15, -0.1) is 0 Å². The number of fused-ring (bicyclic) bond motifs is 2. The van der Waals surface area contributed by atoms with E-state index in [0.29, 0.717) is 30.7 Å². The summed E-state index contributed by atoms with van der Waals surface area (Å²) in [6, 6.07) is 0. The topological polar surface area (TPSA) is 38.8 Å². The lowest BCUT2D eigenvalue weighted by Crippen LogP contribution is -2.40. The SMILES string of the molecule is C=C1CC[C@H]2O[C@H]2CC[C@@H]2[C@H](CCC=C(C)C)C(=O)OC[C@@H]12. The summed E-state index contributed by atoms with van der Waals surface area (Å²) in [7, 11) is 0. The lowest BCUT2D eigenvalue weighted by molar-refractivity contribution is -0.160. The van der Waals surface area contributed by atoms with E-state index in [4.69, 9.17) is 9.47 Å². The minimum absolute atomic E-state index is 0.00344. The van der Waals surface area contributed by atoms with E-state index in [1.165, 1.54) is 11.1 Å². The van der Waals surface area contributed by atoms with Crippen LogP contribution in [0.15, 0.2) is 23.8 Å². The number of rotatable bonds is 3. The molecule has 3 fully saturated rings. The molecule has 0 radical (unpaired) electrons. The highest BCUT2D eigenvalue weighted by atomic mass is 16.6. The van der Waals surface area contributed by atoms with Crippen LogP contribution < -0.4 is 0 Å². The average molecular weight is 304 g/mol. The zero-order valence-electron chi connectivity index (χ0n) is 13.8. The summed E-state index contributed by atoms with van der Waals surface area (Å²) < 4.78 is 11.2. The van der Waals surface area contributed by atoms with Gasteiger partial charge >= 0.3 is 5.97 Å². The number of allylic oxidation sites excluding steroid dienone is 2. The Morgan fingerprint density at radius 1 is 1.27 bits per heavy atom. The first kappa shape index (κ1) is 15.8. The number of hydrogen-bond acceptors (Lipinski definition) is 3. The predicted octanol–water partition coefficient (Wildman–Crippen LogP) is 4.04. The highest BCUT2D eigenvalue weighted by Gasteiger charge is 2.45. The van der Waals surface area contributed by atoms with Crippen LogP contribution in [0.1, 0.15) is 52.4 Å². The first-order valence-corrected chi connectivity index (χ1v) is 8.69. The van der Waals surface area contributed by atoms with Crippen LogP contribution in [0.3, 0.4) is 0 Å². The molecule has 0 aromatic carbocycles. The van der Waals surface area contributed by atoms with E-state index >= 15 is 0 Å². The molecule has 122 valence electrons. The normalized spacial score (nSPS) is 37.8. The molecular weight excluding hydrogens is 276 g/mol. The molecule has 1 saturated carbocycles. The third-order valence-corrected chi connectivity index (χ3v) is 5.52. The number of ether oxygens (including phenoxy) is 2. The standard InChI is InChI=1S/C19H28O3/c1-12(2)5-4-6-15-14-8-10-18-17(22-18)9-7-13(3)16(14)11-21-19(15)20/h5,14-18H,3-4,6-11H2,1-2H3/t14-,15+,16+,17-,18+/m1/s1. The Labute approximate surface area is 133 Å². The second-order valence-electron chi connectivity index (χ2n) is 7.35. The molecule has 0 spiro atoms. The Morgan fingerprint density at radius 2 is 2.05 bits per heavy atom. The molecule has 22 heavy (non-hydrogen) atoms. The van der Waals surface area contributed by atoms with E-state index < -0.39 is 0 Å². The third kappa shape index (κ3) is 3.45. The van der Waals surface area contributed by atoms with Crippen LogP contribution in [0.2, 0.25) is 0 Å². The summed E-state index contributed by atoms with van der Waals surface area (Å²) in [5, 5.41) is 0. The fourth-order valence-corrected chi connectivity index (χ4v) is 4.12. The van der Waals surface area contributed by atoms with E-state index in [1.54, 1.807) is 0 Å². The minimum Gasteiger partial charge on any atom is -0.465 e. The second kappa shape index (κ2) is 6.57. The summed E-state index contributed by atoms with van der Waals surface area (Å²) >= 11 is 0. The average Bonchev–Trinajstić information content (AvgIpc) is 3.22. The highest BCUT2D eigenvalue weighted by Crippen LogP contribution is 2.44. The number of carbonyl (C=O) groups excluding carboxylic acids is 1. The number of hydrogen-bond donors (Lipinski definition) is 0. The van der Waals surface area contributed by atoms with Crippen molar-refractivity contribution in [3.8, 4) is 0 Å². The number of esters is 1. The molecular formula is C19H28O3. The molecule has 3 aliphatic rings. The monoisotopic (exact) mass is 304 g/mol. The summed E-state index contributed by atoms with van der Waals surface area (Å²) in [5.74, 6) is 0.777. The molecule has 0 amide bonds. The Kier molecular flexibility index (Phi) is 4.72. The fraction of sp³-hybridized carbons (Fsp3) is 0.737. The summed E-state index contributed by atoms with van der Waals surface area (Å²) in [6.45, 7) is 9.05. The van der Waals surface area contributed by atoms with Crippen LogP contribution in [0.25, 0.3) is 0 Å². The smallest absolute Gasteiger partial charge is 0.309 e. The van der Waals surface area contributed by atoms with E-state index in [1.807, 2.05) is 0 Å². The maximum Gasteiger partial charge on any atom is 0.309 e. The van der Waals surface area contributed by atoms with Gasteiger partial charge in [-0.25, -0.2) is 0 Å². The van der Waals surface area contributed by atoms with Crippen molar-refractivity contribution in [1.29, 1.82) is 0 Å². The molecule has 0 N–H and O–H groups in total. The number of carbonyl (C=O) groups is 1. The molecule has 1 aliphatic carbocycles. The lowest BCUT2D eigenvalue weighted by atomic mass is 9.72. The van der Waals surface area contributed by atoms with Crippen molar-refractivity contribution in [3.63, 3.8) is 0 Å². The summed E-state index contributed by atoms with van der Waals surface area (Å²) in [6.07, 6.45) is 9.21. The molecule has 3 rings (SSSR count). The molecule has 5 atom stereocenters. The number of cyclic esters (lactones) is 1. The van der Waals surface area contributed by atoms with Crippen LogP contribution >= 0.6 is 0 Å². The Bertz CT molecular complexity index is 475. The van der Waals surface area contributed by atoms with Crippen LogP contribution in [0.4, 0.5) is 0 Å². The fourth-order valence-electron chi connectivity index (χ4n) is 4.12. The van der Waals surface area contributed by atoms with Gasteiger partial charge in [0.05, 0.1) is 24.7 Å². The van der Waals surface area contributed by atoms with Crippen LogP contribution in [0, 0.1) is 17.8 Å². The zero-order valence-corrected chi connectivity index (χ0v) is 13.8. The van der Waals surface area contributed by atoms with E-state index in [0.717, 1.165) is 38.5 Å². The largest absolute Gasteiger partial charge is 0.465 e. The highest BCUT2D eigenvalue weighted by molar-refractivity contribution is 5.73. The first-order valence-electron chi connectivity index (χ1n) is 8.69. The zero-order chi connectivity index (χ0) is 15.7. The summed E-state index contributed by atoms with van der Waals surface area (Å²) in [4.78, 5) is 12.3. The third-order valence-electron chi connectivity index (χ3n) is 5.52. The van der Waals surface area contributed by atoms with Crippen molar-refractivity contribution in [2.24, 2.45) is 17.8 Å². The predicted molar refractivity (Wildman–Crippen MR) is 86.4 cm³/mol. The van der Waals surface area contributed by atoms with Crippen LogP contribution in [-0.4, -0.2) is 24.8 Å². The quantitative estimate of drug-likeness (QED) is 0.449. The Balaban J connectivity index is 1.73. The molecule has 2 aliphatic heterocycles. The van der Waals surface area contributed by atoms with Crippen molar-refractivity contribution in [2.45, 2.75) is 64.6 Å². The van der Waals surface area contributed by atoms with Crippen molar-refractivity contribution in [2.75, 3.05) is 6.61 Å². The van der Waals surface area contributed by atoms with Gasteiger partial charge in [0.25, 0.3) is 0 Å². The Hall–Kier alpha value is -1.09. The second-order valence-corrected chi connectivity index (χ2v) is 7.35. The van der Waals surface area contributed by atoms with Gasteiger partial charge in [-0.05, 0) is 58.3 Å². The lowest BCUT2D eigenvalue weighted by Gasteiger charge is -2.38. The summed E-state index contributed by atoms with van der Waals surface area (Å²) in [5.41, 5.74) is 2.58. The van der Waals surface area contributed by atoms with Gasteiger partial charge in [-0.2, -0.15) is 0 Å². The molecule has 2 saturated heterocycles. The van der Waals surface area contributed by atoms with E-state index in [9.17, 15) is 4.79 Å². The molecule has 3 nitrogen and oxygen atoms in total. The molecule has 0 aromatic heterocycles. The van der Waals surface area contributed by atoms with Gasteiger partial charge in [0.1, 0.15) is 0 Å². The molecule has 0 bridgehead atoms. The van der Waals surface area contributed by atoms with Crippen molar-refractivity contribution < 1.29 is 14.3 Å². The van der Waals surface area contributed by atoms with E-state index in [2.05, 4.69) is 26.5 Å². The van der Waals surface area contributed by atoms with Crippen LogP contribution in [0.5, 0.6) is 0 Å². The van der Waals surface area contributed by atoms with Crippen molar-refractivity contribution >= 4 is 5.97 Å². The van der Waals surface area contributed by atoms with Gasteiger partial charge in [-0.1, -0.05) is 23.8 Å². The molecule has 2 heterocycles. The van der Waals surface area contributed by atoms with Gasteiger partial charge in [0.15, 0.2) is 0 Å². The first-order chi connectivity index (χ1) is 10.6. The number of epoxide rings is 1. The van der Waals surface area contributed by atoms with Gasteiger partial charge in [-0.3, -0.25) is 4.79 Å². The van der Waals surface area contributed by atoms with Crippen molar-refractivity contribution in [1.82, 2.24) is 0 Å². The maximum atomic E-state index is 12.3. The molecule has 0 unspecified atom stereocenters. The Morgan fingerprint density at radius 3 is 2.82 bits per heavy atom.